The minimum Gasteiger partial charge on any atom is -0.294 e. The summed E-state index contributed by atoms with van der Waals surface area (Å²) < 4.78 is 25.7. The van der Waals surface area contributed by atoms with Crippen LogP contribution >= 0.6 is 0 Å². The molecule has 0 unspecified atom stereocenters. The summed E-state index contributed by atoms with van der Waals surface area (Å²) in [6.45, 7) is -0.0642. The molecule has 15 heavy (non-hydrogen) atoms. The van der Waals surface area contributed by atoms with Crippen LogP contribution in [-0.4, -0.2) is 12.3 Å². The number of carbonyl (C=O) groups excluding carboxylic acids is 1. The fraction of sp³-hybridized carbons (Fsp3) is 0.222. The zero-order chi connectivity index (χ0) is 11.3. The summed E-state index contributed by atoms with van der Waals surface area (Å²) in [6, 6.07) is 2.64. The molecule has 0 aromatic heterocycles. The van der Waals surface area contributed by atoms with E-state index in [0.29, 0.717) is 0 Å². The van der Waals surface area contributed by atoms with Gasteiger partial charge in [0, 0.05) is 17.9 Å². The van der Waals surface area contributed by atoms with Crippen molar-refractivity contribution < 1.29 is 13.6 Å². The quantitative estimate of drug-likeness (QED) is 0.327. The Morgan fingerprint density at radius 3 is 2.87 bits per heavy atom. The summed E-state index contributed by atoms with van der Waals surface area (Å²) in [6.07, 6.45) is -0.134. The van der Waals surface area contributed by atoms with Gasteiger partial charge in [-0.25, -0.2) is 8.78 Å². The first-order valence-electron chi connectivity index (χ1n) is 4.14. The monoisotopic (exact) mass is 211 g/mol. The van der Waals surface area contributed by atoms with E-state index in [1.165, 1.54) is 0 Å². The van der Waals surface area contributed by atoms with Gasteiger partial charge in [-0.1, -0.05) is 5.11 Å². The molecule has 0 atom stereocenters. The van der Waals surface area contributed by atoms with Crippen molar-refractivity contribution in [3.05, 3.63) is 45.8 Å². The van der Waals surface area contributed by atoms with Gasteiger partial charge in [0.1, 0.15) is 11.6 Å². The number of carbonyl (C=O) groups is 1. The minimum atomic E-state index is -0.776. The molecule has 0 heterocycles. The van der Waals surface area contributed by atoms with Crippen LogP contribution in [0.1, 0.15) is 16.8 Å². The number of Topliss-reactive ketones (excluding diaryl/α,β-unsaturated/α-hetero) is 1. The maximum Gasteiger partial charge on any atom is 0.166 e. The van der Waals surface area contributed by atoms with Crippen LogP contribution in [0.3, 0.4) is 0 Å². The molecule has 0 aliphatic rings. The first kappa shape index (κ1) is 11.1. The van der Waals surface area contributed by atoms with Crippen LogP contribution < -0.4 is 0 Å². The molecule has 0 radical (unpaired) electrons. The molecule has 0 fully saturated rings. The molecule has 1 aromatic rings. The van der Waals surface area contributed by atoms with Gasteiger partial charge in [0.2, 0.25) is 0 Å². The van der Waals surface area contributed by atoms with E-state index in [9.17, 15) is 13.6 Å². The average molecular weight is 211 g/mol. The third-order valence-corrected chi connectivity index (χ3v) is 1.73. The van der Waals surface area contributed by atoms with Gasteiger partial charge in [-0.2, -0.15) is 0 Å². The number of halogens is 2. The van der Waals surface area contributed by atoms with Crippen LogP contribution in [0.4, 0.5) is 8.78 Å². The molecule has 4 nitrogen and oxygen atoms in total. The highest BCUT2D eigenvalue weighted by atomic mass is 19.1. The van der Waals surface area contributed by atoms with E-state index in [1.807, 2.05) is 0 Å². The van der Waals surface area contributed by atoms with E-state index < -0.39 is 17.4 Å². The fourth-order valence-electron chi connectivity index (χ4n) is 1.04. The van der Waals surface area contributed by atoms with Crippen molar-refractivity contribution in [1.82, 2.24) is 0 Å². The van der Waals surface area contributed by atoms with E-state index in [2.05, 4.69) is 10.0 Å². The van der Waals surface area contributed by atoms with Crippen molar-refractivity contribution in [3.63, 3.8) is 0 Å². The van der Waals surface area contributed by atoms with E-state index in [-0.39, 0.29) is 18.5 Å². The van der Waals surface area contributed by atoms with Crippen LogP contribution in [-0.2, 0) is 0 Å². The highest BCUT2D eigenvalue weighted by Gasteiger charge is 2.11. The Morgan fingerprint density at radius 2 is 2.20 bits per heavy atom. The van der Waals surface area contributed by atoms with Gasteiger partial charge < -0.3 is 0 Å². The molecule has 0 spiro atoms. The lowest BCUT2D eigenvalue weighted by Crippen LogP contribution is -2.04. The van der Waals surface area contributed by atoms with Crippen molar-refractivity contribution in [1.29, 1.82) is 0 Å². The first-order valence-corrected chi connectivity index (χ1v) is 4.14. The summed E-state index contributed by atoms with van der Waals surface area (Å²) in [5.74, 6) is -2.04. The number of benzene rings is 1. The van der Waals surface area contributed by atoms with E-state index >= 15 is 0 Å². The number of hydrogen-bond donors (Lipinski definition) is 0. The Bertz CT molecular complexity index is 427. The van der Waals surface area contributed by atoms with Gasteiger partial charge >= 0.3 is 0 Å². The maximum atomic E-state index is 13.0. The Kier molecular flexibility index (Phi) is 3.76. The van der Waals surface area contributed by atoms with Crippen molar-refractivity contribution in [2.75, 3.05) is 6.54 Å². The molecule has 1 aromatic carbocycles. The summed E-state index contributed by atoms with van der Waals surface area (Å²) in [5, 5.41) is 3.13. The highest BCUT2D eigenvalue weighted by Crippen LogP contribution is 2.11. The topological polar surface area (TPSA) is 65.8 Å². The van der Waals surface area contributed by atoms with E-state index in [1.54, 1.807) is 0 Å². The molecule has 0 saturated heterocycles. The van der Waals surface area contributed by atoms with Crippen molar-refractivity contribution in [3.8, 4) is 0 Å². The normalized spacial score (nSPS) is 9.47. The lowest BCUT2D eigenvalue weighted by molar-refractivity contribution is 0.0981. The Balaban J connectivity index is 2.81. The number of nitrogens with zero attached hydrogens (tertiary/aromatic N) is 3. The molecule has 6 heteroatoms. The predicted molar refractivity (Wildman–Crippen MR) is 49.3 cm³/mol. The van der Waals surface area contributed by atoms with Crippen LogP contribution in [0.2, 0.25) is 0 Å². The smallest absolute Gasteiger partial charge is 0.166 e. The molecular weight excluding hydrogens is 204 g/mol. The third kappa shape index (κ3) is 3.03. The lowest BCUT2D eigenvalue weighted by Gasteiger charge is -2.00. The van der Waals surface area contributed by atoms with Gasteiger partial charge in [-0.15, -0.1) is 0 Å². The van der Waals surface area contributed by atoms with E-state index in [4.69, 9.17) is 5.53 Å². The molecule has 0 N–H and O–H groups in total. The summed E-state index contributed by atoms with van der Waals surface area (Å²) in [5.41, 5.74) is 7.64. The zero-order valence-corrected chi connectivity index (χ0v) is 7.65. The molecule has 0 aliphatic heterocycles. The Morgan fingerprint density at radius 1 is 1.47 bits per heavy atom. The second-order valence-corrected chi connectivity index (χ2v) is 2.75. The van der Waals surface area contributed by atoms with Gasteiger partial charge in [0.15, 0.2) is 5.78 Å². The Labute approximate surface area is 84.2 Å². The zero-order valence-electron chi connectivity index (χ0n) is 7.65. The number of hydrogen-bond acceptors (Lipinski definition) is 2. The molecular formula is C9H7F2N3O. The van der Waals surface area contributed by atoms with Crippen LogP contribution in [0, 0.1) is 11.6 Å². The molecule has 0 aliphatic carbocycles. The average Bonchev–Trinajstić information content (AvgIpc) is 2.22. The number of rotatable bonds is 4. The van der Waals surface area contributed by atoms with Crippen molar-refractivity contribution in [2.24, 2.45) is 5.11 Å². The molecule has 0 amide bonds. The van der Waals surface area contributed by atoms with Gasteiger partial charge in [-0.3, -0.25) is 4.79 Å². The summed E-state index contributed by atoms with van der Waals surface area (Å²) in [7, 11) is 0. The van der Waals surface area contributed by atoms with Crippen molar-refractivity contribution >= 4 is 5.78 Å². The van der Waals surface area contributed by atoms with Crippen molar-refractivity contribution in [2.45, 2.75) is 6.42 Å². The van der Waals surface area contributed by atoms with Gasteiger partial charge in [0.25, 0.3) is 0 Å². The second-order valence-electron chi connectivity index (χ2n) is 2.75. The lowest BCUT2D eigenvalue weighted by atomic mass is 10.1. The largest absolute Gasteiger partial charge is 0.294 e. The molecule has 78 valence electrons. The van der Waals surface area contributed by atoms with Crippen LogP contribution in [0.15, 0.2) is 23.3 Å². The third-order valence-electron chi connectivity index (χ3n) is 1.73. The van der Waals surface area contributed by atoms with Crippen LogP contribution in [0.25, 0.3) is 10.4 Å². The van der Waals surface area contributed by atoms with Gasteiger partial charge in [0.05, 0.1) is 5.56 Å². The minimum absolute atomic E-state index is 0.0642. The SMILES string of the molecule is [N-]=[N+]=NCCC(=O)c1cc(F)ccc1F. The Hall–Kier alpha value is -1.94. The second kappa shape index (κ2) is 5.07. The van der Waals surface area contributed by atoms with E-state index in [0.717, 1.165) is 18.2 Å². The first-order chi connectivity index (χ1) is 7.15. The number of ketones is 1. The predicted octanol–water partition coefficient (Wildman–Crippen LogP) is 2.85. The van der Waals surface area contributed by atoms with Gasteiger partial charge in [-0.05, 0) is 23.7 Å². The number of azide groups is 1. The maximum absolute atomic E-state index is 13.0. The summed E-state index contributed by atoms with van der Waals surface area (Å²) in [4.78, 5) is 13.7. The standard InChI is InChI=1S/C9H7F2N3O/c10-6-1-2-8(11)7(5-6)9(15)3-4-13-14-12/h1-2,5H,3-4H2. The fourth-order valence-corrected chi connectivity index (χ4v) is 1.04. The molecule has 1 rings (SSSR count). The molecule has 0 saturated carbocycles. The summed E-state index contributed by atoms with van der Waals surface area (Å²) >= 11 is 0. The highest BCUT2D eigenvalue weighted by molar-refractivity contribution is 5.96. The van der Waals surface area contributed by atoms with Crippen LogP contribution in [0.5, 0.6) is 0 Å². The molecule has 0 bridgehead atoms.